The lowest BCUT2D eigenvalue weighted by Gasteiger charge is -2.37. The van der Waals surface area contributed by atoms with Crippen molar-refractivity contribution in [2.75, 3.05) is 19.7 Å². The number of nitrogens with zero attached hydrogens (tertiary/aromatic N) is 2. The summed E-state index contributed by atoms with van der Waals surface area (Å²) >= 11 is 0. The van der Waals surface area contributed by atoms with Crippen LogP contribution in [-0.4, -0.2) is 35.5 Å². The number of likely N-dealkylation sites (tertiary alicyclic amines) is 1. The molecule has 1 aromatic heterocycles. The molecule has 0 N–H and O–H groups in total. The predicted octanol–water partition coefficient (Wildman–Crippen LogP) is 2.50. The molecule has 1 atom stereocenters. The van der Waals surface area contributed by atoms with Gasteiger partial charge in [-0.2, -0.15) is 0 Å². The molecule has 4 nitrogen and oxygen atoms in total. The molecule has 1 amide bonds. The first-order valence-electron chi connectivity index (χ1n) is 7.64. The zero-order valence-electron chi connectivity index (χ0n) is 11.8. The molecule has 108 valence electrons. The Bertz CT molecular complexity index is 445. The maximum atomic E-state index is 12.3. The maximum absolute atomic E-state index is 12.3. The first-order chi connectivity index (χ1) is 9.83. The zero-order chi connectivity index (χ0) is 13.8. The fourth-order valence-corrected chi connectivity index (χ4v) is 2.96. The van der Waals surface area contributed by atoms with Gasteiger partial charge in [0.1, 0.15) is 5.75 Å². The molecule has 1 aromatic rings. The summed E-state index contributed by atoms with van der Waals surface area (Å²) in [6.45, 7) is 2.49. The highest BCUT2D eigenvalue weighted by Gasteiger charge is 2.32. The average molecular weight is 274 g/mol. The molecule has 0 aromatic carbocycles. The summed E-state index contributed by atoms with van der Waals surface area (Å²) in [7, 11) is 0. The van der Waals surface area contributed by atoms with Crippen molar-refractivity contribution >= 4 is 5.91 Å². The van der Waals surface area contributed by atoms with Gasteiger partial charge >= 0.3 is 0 Å². The van der Waals surface area contributed by atoms with Gasteiger partial charge in [-0.25, -0.2) is 0 Å². The number of amides is 1. The Kier molecular flexibility index (Phi) is 4.19. The van der Waals surface area contributed by atoms with Crippen LogP contribution in [0.3, 0.4) is 0 Å². The second-order valence-corrected chi connectivity index (χ2v) is 5.91. The summed E-state index contributed by atoms with van der Waals surface area (Å²) in [4.78, 5) is 18.3. The topological polar surface area (TPSA) is 42.4 Å². The van der Waals surface area contributed by atoms with Gasteiger partial charge in [0.25, 0.3) is 0 Å². The maximum Gasteiger partial charge on any atom is 0.225 e. The van der Waals surface area contributed by atoms with E-state index in [1.165, 1.54) is 6.42 Å². The molecule has 20 heavy (non-hydrogen) atoms. The number of carbonyl (C=O) groups is 1. The Morgan fingerprint density at radius 3 is 2.75 bits per heavy atom. The molecule has 0 radical (unpaired) electrons. The first kappa shape index (κ1) is 13.4. The number of aromatic nitrogens is 1. The molecule has 1 aliphatic heterocycles. The largest absolute Gasteiger partial charge is 0.493 e. The van der Waals surface area contributed by atoms with E-state index in [0.717, 1.165) is 44.5 Å². The van der Waals surface area contributed by atoms with Crippen molar-refractivity contribution in [2.24, 2.45) is 11.8 Å². The van der Waals surface area contributed by atoms with Crippen molar-refractivity contribution < 1.29 is 9.53 Å². The molecular formula is C16H22N2O2. The number of hydrogen-bond acceptors (Lipinski definition) is 3. The lowest BCUT2D eigenvalue weighted by Crippen LogP contribution is -2.45. The Morgan fingerprint density at radius 2 is 2.05 bits per heavy atom. The van der Waals surface area contributed by atoms with Crippen molar-refractivity contribution in [1.29, 1.82) is 0 Å². The van der Waals surface area contributed by atoms with Crippen LogP contribution in [0.25, 0.3) is 0 Å². The number of hydrogen-bond donors (Lipinski definition) is 0. The van der Waals surface area contributed by atoms with Gasteiger partial charge in [-0.3, -0.25) is 9.78 Å². The normalized spacial score (nSPS) is 23.2. The summed E-state index contributed by atoms with van der Waals surface area (Å²) in [5.41, 5.74) is 0. The van der Waals surface area contributed by atoms with Crippen molar-refractivity contribution in [2.45, 2.75) is 32.1 Å². The van der Waals surface area contributed by atoms with Crippen LogP contribution >= 0.6 is 0 Å². The fourth-order valence-electron chi connectivity index (χ4n) is 2.96. The van der Waals surface area contributed by atoms with Crippen molar-refractivity contribution in [3.05, 3.63) is 24.5 Å². The summed E-state index contributed by atoms with van der Waals surface area (Å²) in [6.07, 6.45) is 9.13. The van der Waals surface area contributed by atoms with Crippen LogP contribution in [0, 0.1) is 11.8 Å². The van der Waals surface area contributed by atoms with Gasteiger partial charge in [-0.15, -0.1) is 0 Å². The van der Waals surface area contributed by atoms with Crippen LogP contribution in [0.15, 0.2) is 24.5 Å². The summed E-state index contributed by atoms with van der Waals surface area (Å²) in [5.74, 6) is 2.02. The van der Waals surface area contributed by atoms with Crippen molar-refractivity contribution in [1.82, 2.24) is 9.88 Å². The minimum absolute atomic E-state index is 0.315. The number of carbonyl (C=O) groups excluding carboxylic acids is 1. The minimum Gasteiger partial charge on any atom is -0.493 e. The molecule has 1 saturated carbocycles. The SMILES string of the molecule is O=C(C1CCC1)N1CCCC(COc2ccncc2)C1. The third kappa shape index (κ3) is 3.11. The van der Waals surface area contributed by atoms with E-state index >= 15 is 0 Å². The molecule has 3 rings (SSSR count). The Labute approximate surface area is 120 Å². The second-order valence-electron chi connectivity index (χ2n) is 5.91. The second kappa shape index (κ2) is 6.25. The van der Waals surface area contributed by atoms with Gasteiger partial charge in [-0.1, -0.05) is 6.42 Å². The molecule has 1 saturated heterocycles. The molecule has 2 heterocycles. The Balaban J connectivity index is 1.49. The zero-order valence-corrected chi connectivity index (χ0v) is 11.8. The predicted molar refractivity (Wildman–Crippen MR) is 76.4 cm³/mol. The number of ether oxygens (including phenoxy) is 1. The lowest BCUT2D eigenvalue weighted by atomic mass is 9.83. The molecule has 4 heteroatoms. The van der Waals surface area contributed by atoms with Gasteiger partial charge in [0.05, 0.1) is 6.61 Å². The standard InChI is InChI=1S/C16H22N2O2/c19-16(14-4-1-5-14)18-10-2-3-13(11-18)12-20-15-6-8-17-9-7-15/h6-9,13-14H,1-5,10-12H2. The van der Waals surface area contributed by atoms with Crippen LogP contribution in [0.2, 0.25) is 0 Å². The van der Waals surface area contributed by atoms with E-state index in [4.69, 9.17) is 4.74 Å². The summed E-state index contributed by atoms with van der Waals surface area (Å²) in [5, 5.41) is 0. The van der Waals surface area contributed by atoms with Crippen molar-refractivity contribution in [3.8, 4) is 5.75 Å². The number of piperidine rings is 1. The Morgan fingerprint density at radius 1 is 1.25 bits per heavy atom. The van der Waals surface area contributed by atoms with Crippen molar-refractivity contribution in [3.63, 3.8) is 0 Å². The summed E-state index contributed by atoms with van der Waals surface area (Å²) < 4.78 is 5.80. The molecule has 2 aliphatic rings. The van der Waals surface area contributed by atoms with Crippen LogP contribution < -0.4 is 4.74 Å². The van der Waals surface area contributed by atoms with E-state index < -0.39 is 0 Å². The third-order valence-electron chi connectivity index (χ3n) is 4.42. The van der Waals surface area contributed by atoms with E-state index in [1.807, 2.05) is 12.1 Å². The van der Waals surface area contributed by atoms with Gasteiger partial charge in [0.2, 0.25) is 5.91 Å². The third-order valence-corrected chi connectivity index (χ3v) is 4.42. The highest BCUT2D eigenvalue weighted by Crippen LogP contribution is 2.30. The highest BCUT2D eigenvalue weighted by molar-refractivity contribution is 5.79. The van der Waals surface area contributed by atoms with E-state index in [2.05, 4.69) is 9.88 Å². The smallest absolute Gasteiger partial charge is 0.225 e. The van der Waals surface area contributed by atoms with E-state index in [-0.39, 0.29) is 0 Å². The number of pyridine rings is 1. The van der Waals surface area contributed by atoms with Gasteiger partial charge < -0.3 is 9.64 Å². The molecule has 2 fully saturated rings. The first-order valence-corrected chi connectivity index (χ1v) is 7.64. The molecule has 0 spiro atoms. The van der Waals surface area contributed by atoms with E-state index in [9.17, 15) is 4.79 Å². The van der Waals surface area contributed by atoms with Crippen LogP contribution in [0.5, 0.6) is 5.75 Å². The van der Waals surface area contributed by atoms with Gasteiger partial charge in [0.15, 0.2) is 0 Å². The summed E-state index contributed by atoms with van der Waals surface area (Å²) in [6, 6.07) is 3.75. The van der Waals surface area contributed by atoms with E-state index in [1.54, 1.807) is 12.4 Å². The molecular weight excluding hydrogens is 252 g/mol. The van der Waals surface area contributed by atoms with Crippen LogP contribution in [0.1, 0.15) is 32.1 Å². The molecule has 1 unspecified atom stereocenters. The quantitative estimate of drug-likeness (QED) is 0.847. The highest BCUT2D eigenvalue weighted by atomic mass is 16.5. The average Bonchev–Trinajstić information content (AvgIpc) is 2.45. The minimum atomic E-state index is 0.315. The fraction of sp³-hybridized carbons (Fsp3) is 0.625. The number of rotatable bonds is 4. The van der Waals surface area contributed by atoms with Gasteiger partial charge in [0, 0.05) is 37.3 Å². The Hall–Kier alpha value is -1.58. The molecule has 1 aliphatic carbocycles. The van der Waals surface area contributed by atoms with Crippen LogP contribution in [0.4, 0.5) is 0 Å². The molecule has 0 bridgehead atoms. The monoisotopic (exact) mass is 274 g/mol. The van der Waals surface area contributed by atoms with Gasteiger partial charge in [-0.05, 0) is 37.8 Å². The lowest BCUT2D eigenvalue weighted by molar-refractivity contribution is -0.140. The van der Waals surface area contributed by atoms with Crippen LogP contribution in [-0.2, 0) is 4.79 Å². The van der Waals surface area contributed by atoms with E-state index in [0.29, 0.717) is 24.3 Å².